The Bertz CT molecular complexity index is 335. The van der Waals surface area contributed by atoms with E-state index in [0.717, 1.165) is 18.7 Å². The quantitative estimate of drug-likeness (QED) is 0.844. The number of nitrogens with one attached hydrogen (secondary N) is 1. The van der Waals surface area contributed by atoms with Crippen molar-refractivity contribution in [1.29, 1.82) is 0 Å². The van der Waals surface area contributed by atoms with Crippen LogP contribution in [0.3, 0.4) is 0 Å². The van der Waals surface area contributed by atoms with Crippen molar-refractivity contribution in [2.24, 2.45) is 5.41 Å². The Labute approximate surface area is 110 Å². The van der Waals surface area contributed by atoms with E-state index in [-0.39, 0.29) is 17.6 Å². The lowest BCUT2D eigenvalue weighted by molar-refractivity contribution is -0.0130. The lowest BCUT2D eigenvalue weighted by Gasteiger charge is -2.36. The summed E-state index contributed by atoms with van der Waals surface area (Å²) in [6.45, 7) is 9.63. The second-order valence-corrected chi connectivity index (χ2v) is 5.58. The highest BCUT2D eigenvalue weighted by atomic mass is 16.5. The van der Waals surface area contributed by atoms with Gasteiger partial charge < -0.3 is 10.1 Å². The molecule has 0 aromatic carbocycles. The van der Waals surface area contributed by atoms with Crippen LogP contribution in [0, 0.1) is 5.41 Å². The lowest BCUT2D eigenvalue weighted by atomic mass is 9.83. The number of rotatable bonds is 6. The predicted octanol–water partition coefficient (Wildman–Crippen LogP) is 2.58. The van der Waals surface area contributed by atoms with Crippen LogP contribution in [0.15, 0.2) is 18.6 Å². The third-order valence-electron chi connectivity index (χ3n) is 2.93. The molecule has 2 atom stereocenters. The minimum atomic E-state index is 0.0394. The van der Waals surface area contributed by atoms with Crippen LogP contribution in [0.4, 0.5) is 0 Å². The van der Waals surface area contributed by atoms with E-state index in [9.17, 15) is 0 Å². The maximum Gasteiger partial charge on any atom is 0.0830 e. The Kier molecular flexibility index (Phi) is 5.69. The van der Waals surface area contributed by atoms with Crippen LogP contribution in [0.25, 0.3) is 0 Å². The number of hydrogen-bond donors (Lipinski definition) is 1. The smallest absolute Gasteiger partial charge is 0.0830 e. The van der Waals surface area contributed by atoms with E-state index in [2.05, 4.69) is 43.0 Å². The highest BCUT2D eigenvalue weighted by Gasteiger charge is 2.33. The zero-order valence-corrected chi connectivity index (χ0v) is 12.1. The highest BCUT2D eigenvalue weighted by Crippen LogP contribution is 2.31. The van der Waals surface area contributed by atoms with E-state index in [1.807, 2.05) is 6.20 Å². The number of methoxy groups -OCH3 is 1. The summed E-state index contributed by atoms with van der Waals surface area (Å²) in [5.74, 6) is 0. The van der Waals surface area contributed by atoms with Crippen molar-refractivity contribution in [1.82, 2.24) is 15.3 Å². The van der Waals surface area contributed by atoms with Gasteiger partial charge in [0.1, 0.15) is 0 Å². The molecule has 0 radical (unpaired) electrons. The third kappa shape index (κ3) is 4.03. The maximum absolute atomic E-state index is 5.70. The maximum atomic E-state index is 5.70. The van der Waals surface area contributed by atoms with Gasteiger partial charge >= 0.3 is 0 Å². The van der Waals surface area contributed by atoms with Gasteiger partial charge in [-0.2, -0.15) is 0 Å². The first-order valence-corrected chi connectivity index (χ1v) is 6.52. The summed E-state index contributed by atoms with van der Waals surface area (Å²) in [5, 5.41) is 3.52. The average molecular weight is 251 g/mol. The van der Waals surface area contributed by atoms with Gasteiger partial charge in [0.25, 0.3) is 0 Å². The summed E-state index contributed by atoms with van der Waals surface area (Å²) in [6.07, 6.45) is 6.37. The predicted molar refractivity (Wildman–Crippen MR) is 73.3 cm³/mol. The van der Waals surface area contributed by atoms with Gasteiger partial charge in [0, 0.05) is 19.5 Å². The molecule has 0 spiro atoms. The van der Waals surface area contributed by atoms with E-state index in [4.69, 9.17) is 4.74 Å². The fraction of sp³-hybridized carbons (Fsp3) is 0.714. The van der Waals surface area contributed by atoms with Crippen LogP contribution < -0.4 is 5.32 Å². The molecular weight excluding hydrogens is 226 g/mol. The zero-order chi connectivity index (χ0) is 13.6. The van der Waals surface area contributed by atoms with Crippen LogP contribution in [-0.4, -0.2) is 29.7 Å². The van der Waals surface area contributed by atoms with E-state index < -0.39 is 0 Å². The lowest BCUT2D eigenvalue weighted by Crippen LogP contribution is -2.42. The molecule has 0 bridgehead atoms. The van der Waals surface area contributed by atoms with Crippen LogP contribution in [-0.2, 0) is 4.74 Å². The molecule has 1 aromatic rings. The molecule has 0 saturated heterocycles. The van der Waals surface area contributed by atoms with Crippen molar-refractivity contribution in [3.8, 4) is 0 Å². The number of ether oxygens (including phenoxy) is 1. The molecule has 102 valence electrons. The van der Waals surface area contributed by atoms with Crippen LogP contribution in [0.1, 0.15) is 45.9 Å². The van der Waals surface area contributed by atoms with Crippen molar-refractivity contribution in [2.75, 3.05) is 13.7 Å². The summed E-state index contributed by atoms with van der Waals surface area (Å²) in [4.78, 5) is 8.56. The molecule has 0 saturated carbocycles. The van der Waals surface area contributed by atoms with Gasteiger partial charge in [-0.1, -0.05) is 27.7 Å². The normalized spacial score (nSPS) is 15.4. The first-order chi connectivity index (χ1) is 8.50. The second kappa shape index (κ2) is 6.81. The van der Waals surface area contributed by atoms with E-state index in [1.165, 1.54) is 0 Å². The first-order valence-electron chi connectivity index (χ1n) is 6.52. The van der Waals surface area contributed by atoms with E-state index >= 15 is 0 Å². The van der Waals surface area contributed by atoms with E-state index in [1.54, 1.807) is 19.5 Å². The van der Waals surface area contributed by atoms with Crippen LogP contribution in [0.5, 0.6) is 0 Å². The number of hydrogen-bond acceptors (Lipinski definition) is 4. The summed E-state index contributed by atoms with van der Waals surface area (Å²) in [7, 11) is 1.76. The molecule has 4 nitrogen and oxygen atoms in total. The Morgan fingerprint density at radius 2 is 2.06 bits per heavy atom. The molecule has 1 heterocycles. The van der Waals surface area contributed by atoms with Crippen molar-refractivity contribution in [3.05, 3.63) is 24.3 Å². The average Bonchev–Trinajstić information content (AvgIpc) is 2.34. The Morgan fingerprint density at radius 1 is 1.33 bits per heavy atom. The second-order valence-electron chi connectivity index (χ2n) is 5.58. The third-order valence-corrected chi connectivity index (χ3v) is 2.93. The number of aromatic nitrogens is 2. The molecule has 2 unspecified atom stereocenters. The van der Waals surface area contributed by atoms with Gasteiger partial charge in [-0.15, -0.1) is 0 Å². The Balaban J connectivity index is 2.97. The monoisotopic (exact) mass is 251 g/mol. The molecule has 1 N–H and O–H groups in total. The molecule has 0 aliphatic rings. The molecular formula is C14H25N3O. The summed E-state index contributed by atoms with van der Waals surface area (Å²) < 4.78 is 5.70. The fourth-order valence-corrected chi connectivity index (χ4v) is 2.13. The van der Waals surface area contributed by atoms with Gasteiger partial charge in [0.15, 0.2) is 0 Å². The Morgan fingerprint density at radius 3 is 2.50 bits per heavy atom. The standard InChI is InChI=1S/C14H25N3O/c1-6-7-17-12(11-10-15-8-9-16-11)13(18-5)14(2,3)4/h8-10,12-13,17H,6-7H2,1-5H3. The van der Waals surface area contributed by atoms with Gasteiger partial charge in [0.2, 0.25) is 0 Å². The SMILES string of the molecule is CCCNC(c1cnccn1)C(OC)C(C)(C)C. The molecule has 0 amide bonds. The molecule has 1 rings (SSSR count). The minimum Gasteiger partial charge on any atom is -0.379 e. The summed E-state index contributed by atoms with van der Waals surface area (Å²) >= 11 is 0. The van der Waals surface area contributed by atoms with Crippen molar-refractivity contribution >= 4 is 0 Å². The van der Waals surface area contributed by atoms with Crippen LogP contribution >= 0.6 is 0 Å². The summed E-state index contributed by atoms with van der Waals surface area (Å²) in [5.41, 5.74) is 0.977. The van der Waals surface area contributed by atoms with Crippen LogP contribution in [0.2, 0.25) is 0 Å². The summed E-state index contributed by atoms with van der Waals surface area (Å²) in [6, 6.07) is 0.0728. The largest absolute Gasteiger partial charge is 0.379 e. The first kappa shape index (κ1) is 15.1. The Hall–Kier alpha value is -1.00. The highest BCUT2D eigenvalue weighted by molar-refractivity contribution is 5.07. The molecule has 1 aromatic heterocycles. The molecule has 0 aliphatic carbocycles. The van der Waals surface area contributed by atoms with E-state index in [0.29, 0.717) is 0 Å². The minimum absolute atomic E-state index is 0.0394. The van der Waals surface area contributed by atoms with Crippen molar-refractivity contribution < 1.29 is 4.74 Å². The topological polar surface area (TPSA) is 47.0 Å². The van der Waals surface area contributed by atoms with Crippen molar-refractivity contribution in [2.45, 2.75) is 46.3 Å². The van der Waals surface area contributed by atoms with Gasteiger partial charge in [-0.3, -0.25) is 9.97 Å². The molecule has 0 fully saturated rings. The van der Waals surface area contributed by atoms with Gasteiger partial charge in [-0.05, 0) is 18.4 Å². The zero-order valence-electron chi connectivity index (χ0n) is 12.1. The molecule has 0 aliphatic heterocycles. The molecule has 18 heavy (non-hydrogen) atoms. The van der Waals surface area contributed by atoms with Gasteiger partial charge in [0.05, 0.1) is 24.0 Å². The van der Waals surface area contributed by atoms with Gasteiger partial charge in [-0.25, -0.2) is 0 Å². The van der Waals surface area contributed by atoms with Crippen molar-refractivity contribution in [3.63, 3.8) is 0 Å². The molecule has 4 heteroatoms. The fourth-order valence-electron chi connectivity index (χ4n) is 2.13. The number of nitrogens with zero attached hydrogens (tertiary/aromatic N) is 2.